The van der Waals surface area contributed by atoms with Crippen LogP contribution in [0, 0.1) is 6.92 Å². The summed E-state index contributed by atoms with van der Waals surface area (Å²) in [6.07, 6.45) is 0. The van der Waals surface area contributed by atoms with Crippen LogP contribution in [0.4, 0.5) is 0 Å². The molecule has 1 aromatic rings. The van der Waals surface area contributed by atoms with Crippen LogP contribution in [0.15, 0.2) is 5.03 Å². The number of thioether (sulfide) groups is 1. The van der Waals surface area contributed by atoms with Crippen LogP contribution < -0.4 is 10.6 Å². The summed E-state index contributed by atoms with van der Waals surface area (Å²) in [5, 5.41) is 11.3. The Kier molecular flexibility index (Phi) is 5.50. The van der Waals surface area contributed by atoms with E-state index >= 15 is 0 Å². The van der Waals surface area contributed by atoms with Gasteiger partial charge in [-0.25, -0.2) is 0 Å². The van der Waals surface area contributed by atoms with E-state index < -0.39 is 0 Å². The van der Waals surface area contributed by atoms with Crippen molar-refractivity contribution in [2.75, 3.05) is 19.3 Å². The predicted octanol–water partition coefficient (Wildman–Crippen LogP) is 0.676. The number of nitrogens with zero attached hydrogens (tertiary/aromatic N) is 2. The van der Waals surface area contributed by atoms with E-state index in [0.29, 0.717) is 12.3 Å². The van der Waals surface area contributed by atoms with Crippen LogP contribution in [0.25, 0.3) is 0 Å². The molecule has 5 nitrogen and oxygen atoms in total. The average Bonchev–Trinajstić information content (AvgIpc) is 2.53. The normalized spacial score (nSPS) is 10.6. The van der Waals surface area contributed by atoms with Crippen molar-refractivity contribution >= 4 is 17.7 Å². The van der Waals surface area contributed by atoms with Gasteiger partial charge in [-0.05, 0) is 20.9 Å². The largest absolute Gasteiger partial charge is 0.356 e. The fourth-order valence-corrected chi connectivity index (χ4v) is 2.62. The van der Waals surface area contributed by atoms with Crippen molar-refractivity contribution in [3.8, 4) is 0 Å². The number of amides is 1. The molecule has 1 rings (SSSR count). The molecule has 0 saturated heterocycles. The topological polar surface area (TPSA) is 59.0 Å². The van der Waals surface area contributed by atoms with Gasteiger partial charge in [-0.3, -0.25) is 9.48 Å². The van der Waals surface area contributed by atoms with Gasteiger partial charge in [0.2, 0.25) is 5.91 Å². The number of hydrogen-bond acceptors (Lipinski definition) is 4. The predicted molar refractivity (Wildman–Crippen MR) is 70.1 cm³/mol. The molecule has 0 spiro atoms. The summed E-state index contributed by atoms with van der Waals surface area (Å²) in [5.41, 5.74) is 2.18. The van der Waals surface area contributed by atoms with E-state index in [2.05, 4.69) is 15.7 Å². The van der Waals surface area contributed by atoms with Crippen LogP contribution >= 0.6 is 11.8 Å². The average molecular weight is 256 g/mol. The highest BCUT2D eigenvalue weighted by Gasteiger charge is 2.14. The minimum Gasteiger partial charge on any atom is -0.356 e. The highest BCUT2D eigenvalue weighted by atomic mass is 32.2. The summed E-state index contributed by atoms with van der Waals surface area (Å²) in [6.45, 7) is 5.36. The zero-order valence-corrected chi connectivity index (χ0v) is 11.6. The lowest BCUT2D eigenvalue weighted by molar-refractivity contribution is -0.118. The van der Waals surface area contributed by atoms with E-state index in [0.717, 1.165) is 17.3 Å². The molecule has 0 aliphatic carbocycles. The molecule has 1 aromatic heterocycles. The van der Waals surface area contributed by atoms with E-state index in [1.807, 2.05) is 32.6 Å². The minimum absolute atomic E-state index is 0.0618. The second kappa shape index (κ2) is 6.66. The quantitative estimate of drug-likeness (QED) is 0.735. The monoisotopic (exact) mass is 256 g/mol. The zero-order chi connectivity index (χ0) is 12.8. The van der Waals surface area contributed by atoms with E-state index in [1.54, 1.807) is 0 Å². The standard InChI is InChI=1S/C11H20N4OS/c1-5-13-10(16)7-17-11-9(6-12-3)8(2)14-15(11)4/h12H,5-7H2,1-4H3,(H,13,16). The van der Waals surface area contributed by atoms with Gasteiger partial charge in [0, 0.05) is 25.7 Å². The van der Waals surface area contributed by atoms with Gasteiger partial charge in [-0.15, -0.1) is 0 Å². The van der Waals surface area contributed by atoms with Crippen LogP contribution in [0.2, 0.25) is 0 Å². The Bertz CT molecular complexity index is 389. The van der Waals surface area contributed by atoms with Crippen LogP contribution in [0.1, 0.15) is 18.2 Å². The Balaban J connectivity index is 2.72. The minimum atomic E-state index is 0.0618. The van der Waals surface area contributed by atoms with Gasteiger partial charge in [0.25, 0.3) is 0 Å². The molecule has 1 amide bonds. The number of nitrogens with one attached hydrogen (secondary N) is 2. The van der Waals surface area contributed by atoms with Gasteiger partial charge >= 0.3 is 0 Å². The van der Waals surface area contributed by atoms with E-state index in [1.165, 1.54) is 17.3 Å². The molecule has 96 valence electrons. The summed E-state index contributed by atoms with van der Waals surface area (Å²) in [6, 6.07) is 0. The van der Waals surface area contributed by atoms with Gasteiger partial charge in [0.05, 0.1) is 16.5 Å². The molecule has 2 N–H and O–H groups in total. The first-order valence-corrected chi connectivity index (χ1v) is 6.65. The van der Waals surface area contributed by atoms with Gasteiger partial charge in [0.15, 0.2) is 0 Å². The highest BCUT2D eigenvalue weighted by molar-refractivity contribution is 8.00. The van der Waals surface area contributed by atoms with Crippen molar-refractivity contribution in [2.45, 2.75) is 25.4 Å². The lowest BCUT2D eigenvalue weighted by atomic mass is 10.3. The van der Waals surface area contributed by atoms with Gasteiger partial charge in [-0.1, -0.05) is 11.8 Å². The number of aryl methyl sites for hydroxylation is 2. The third kappa shape index (κ3) is 3.74. The maximum absolute atomic E-state index is 11.4. The van der Waals surface area contributed by atoms with Gasteiger partial charge in [-0.2, -0.15) is 5.10 Å². The first kappa shape index (κ1) is 14.1. The molecule has 0 aromatic carbocycles. The second-order valence-electron chi connectivity index (χ2n) is 3.77. The van der Waals surface area contributed by atoms with Crippen molar-refractivity contribution in [3.05, 3.63) is 11.3 Å². The third-order valence-electron chi connectivity index (χ3n) is 2.36. The van der Waals surface area contributed by atoms with Gasteiger partial charge < -0.3 is 10.6 Å². The first-order valence-electron chi connectivity index (χ1n) is 5.66. The molecule has 0 atom stereocenters. The van der Waals surface area contributed by atoms with Crippen LogP contribution in [-0.2, 0) is 18.4 Å². The van der Waals surface area contributed by atoms with Crippen molar-refractivity contribution in [1.29, 1.82) is 0 Å². The first-order chi connectivity index (χ1) is 8.10. The lowest BCUT2D eigenvalue weighted by Gasteiger charge is -2.06. The summed E-state index contributed by atoms with van der Waals surface area (Å²) in [7, 11) is 3.82. The molecular formula is C11H20N4OS. The molecule has 17 heavy (non-hydrogen) atoms. The Labute approximate surface area is 106 Å². The van der Waals surface area contributed by atoms with E-state index in [-0.39, 0.29) is 5.91 Å². The molecule has 0 bridgehead atoms. The highest BCUT2D eigenvalue weighted by Crippen LogP contribution is 2.24. The molecule has 0 aliphatic heterocycles. The van der Waals surface area contributed by atoms with Crippen LogP contribution in [0.5, 0.6) is 0 Å². The fraction of sp³-hybridized carbons (Fsp3) is 0.636. The van der Waals surface area contributed by atoms with Crippen LogP contribution in [-0.4, -0.2) is 35.0 Å². The zero-order valence-electron chi connectivity index (χ0n) is 10.8. The Morgan fingerprint density at radius 2 is 2.24 bits per heavy atom. The van der Waals surface area contributed by atoms with E-state index in [9.17, 15) is 4.79 Å². The van der Waals surface area contributed by atoms with Crippen molar-refractivity contribution in [2.24, 2.45) is 7.05 Å². The molecule has 0 aliphatic rings. The lowest BCUT2D eigenvalue weighted by Crippen LogP contribution is -2.24. The molecular weight excluding hydrogens is 236 g/mol. The Morgan fingerprint density at radius 3 is 2.82 bits per heavy atom. The maximum atomic E-state index is 11.4. The second-order valence-corrected chi connectivity index (χ2v) is 4.73. The number of carbonyl (C=O) groups excluding carboxylic acids is 1. The molecule has 0 radical (unpaired) electrons. The van der Waals surface area contributed by atoms with Gasteiger partial charge in [0.1, 0.15) is 0 Å². The molecule has 0 saturated carbocycles. The third-order valence-corrected chi connectivity index (χ3v) is 3.55. The molecule has 1 heterocycles. The number of carbonyl (C=O) groups is 1. The Morgan fingerprint density at radius 1 is 1.53 bits per heavy atom. The number of hydrogen-bond donors (Lipinski definition) is 2. The van der Waals surface area contributed by atoms with Crippen molar-refractivity contribution < 1.29 is 4.79 Å². The summed E-state index contributed by atoms with van der Waals surface area (Å²) in [5.74, 6) is 0.496. The summed E-state index contributed by atoms with van der Waals surface area (Å²) < 4.78 is 1.84. The smallest absolute Gasteiger partial charge is 0.230 e. The maximum Gasteiger partial charge on any atom is 0.230 e. The number of aromatic nitrogens is 2. The molecule has 0 unspecified atom stereocenters. The fourth-order valence-electron chi connectivity index (χ4n) is 1.62. The molecule has 6 heteroatoms. The SMILES string of the molecule is CCNC(=O)CSc1c(CNC)c(C)nn1C. The molecule has 0 fully saturated rings. The number of rotatable bonds is 6. The van der Waals surface area contributed by atoms with E-state index in [4.69, 9.17) is 0 Å². The summed E-state index contributed by atoms with van der Waals surface area (Å²) in [4.78, 5) is 11.4. The Hall–Kier alpha value is -1.01. The van der Waals surface area contributed by atoms with Crippen LogP contribution in [0.3, 0.4) is 0 Å². The summed E-state index contributed by atoms with van der Waals surface area (Å²) >= 11 is 1.53. The van der Waals surface area contributed by atoms with Crippen molar-refractivity contribution in [3.63, 3.8) is 0 Å². The van der Waals surface area contributed by atoms with Crippen molar-refractivity contribution in [1.82, 2.24) is 20.4 Å².